The van der Waals surface area contributed by atoms with E-state index in [0.29, 0.717) is 24.6 Å². The van der Waals surface area contributed by atoms with E-state index in [1.54, 1.807) is 16.4 Å². The molecule has 6 nitrogen and oxygen atoms in total. The van der Waals surface area contributed by atoms with E-state index < -0.39 is 10.0 Å². The van der Waals surface area contributed by atoms with Gasteiger partial charge in [0.25, 0.3) is 0 Å². The summed E-state index contributed by atoms with van der Waals surface area (Å²) in [5.41, 5.74) is 2.48. The van der Waals surface area contributed by atoms with E-state index in [1.807, 2.05) is 48.5 Å². The third-order valence-electron chi connectivity index (χ3n) is 5.18. The Morgan fingerprint density at radius 1 is 1.13 bits per heavy atom. The van der Waals surface area contributed by atoms with Crippen LogP contribution in [0.15, 0.2) is 60.7 Å². The van der Waals surface area contributed by atoms with Crippen molar-refractivity contribution >= 4 is 21.6 Å². The number of nitrogens with zero attached hydrogens (tertiary/aromatic N) is 2. The maximum atomic E-state index is 13.0. The van der Waals surface area contributed by atoms with E-state index in [1.165, 1.54) is 0 Å². The summed E-state index contributed by atoms with van der Waals surface area (Å²) in [6.45, 7) is 1.00. The number of sulfonamides is 1. The highest BCUT2D eigenvalue weighted by atomic mass is 35.5. The predicted molar refractivity (Wildman–Crippen MR) is 117 cm³/mol. The number of aromatic nitrogens is 2. The number of halogens is 1. The lowest BCUT2D eigenvalue weighted by molar-refractivity contribution is 0.320. The van der Waals surface area contributed by atoms with Gasteiger partial charge in [0.2, 0.25) is 10.0 Å². The van der Waals surface area contributed by atoms with Crippen LogP contribution >= 0.6 is 11.6 Å². The summed E-state index contributed by atoms with van der Waals surface area (Å²) in [5.74, 6) is 0.728. The molecule has 2 aromatic carbocycles. The molecule has 30 heavy (non-hydrogen) atoms. The number of rotatable bonds is 8. The van der Waals surface area contributed by atoms with Crippen molar-refractivity contribution in [1.29, 1.82) is 0 Å². The van der Waals surface area contributed by atoms with Gasteiger partial charge in [-0.25, -0.2) is 8.42 Å². The van der Waals surface area contributed by atoms with Gasteiger partial charge >= 0.3 is 0 Å². The van der Waals surface area contributed by atoms with Crippen LogP contribution in [-0.2, 0) is 22.2 Å². The summed E-state index contributed by atoms with van der Waals surface area (Å²) in [6, 6.07) is 18.3. The maximum Gasteiger partial charge on any atom is 0.218 e. The summed E-state index contributed by atoms with van der Waals surface area (Å²) in [7, 11) is -3.42. The van der Waals surface area contributed by atoms with Crippen LogP contribution in [0.5, 0.6) is 5.75 Å². The summed E-state index contributed by atoms with van der Waals surface area (Å²) >= 11 is 5.97. The lowest BCUT2D eigenvalue weighted by atomic mass is 10.1. The monoisotopic (exact) mass is 445 g/mol. The van der Waals surface area contributed by atoms with Gasteiger partial charge in [-0.1, -0.05) is 48.0 Å². The first-order chi connectivity index (χ1) is 14.5. The fourth-order valence-electron chi connectivity index (χ4n) is 3.75. The minimum absolute atomic E-state index is 0.00902. The van der Waals surface area contributed by atoms with Gasteiger partial charge in [-0.2, -0.15) is 9.40 Å². The summed E-state index contributed by atoms with van der Waals surface area (Å²) in [4.78, 5) is 0. The molecule has 1 aromatic heterocycles. The summed E-state index contributed by atoms with van der Waals surface area (Å²) < 4.78 is 33.3. The SMILES string of the molecule is O=S(=O)(Cc1ccccc1)N1CCC[C@@H]1c1cc(CCOc2cccc(Cl)c2)[nH]n1. The molecule has 1 saturated heterocycles. The lowest BCUT2D eigenvalue weighted by Crippen LogP contribution is -2.31. The molecule has 0 saturated carbocycles. The van der Waals surface area contributed by atoms with Crippen LogP contribution in [0.1, 0.15) is 35.8 Å². The number of hydrogen-bond donors (Lipinski definition) is 1. The quantitative estimate of drug-likeness (QED) is 0.559. The second kappa shape index (κ2) is 9.20. The van der Waals surface area contributed by atoms with E-state index in [9.17, 15) is 8.42 Å². The Morgan fingerprint density at radius 3 is 2.77 bits per heavy atom. The Bertz CT molecular complexity index is 1090. The second-order valence-electron chi connectivity index (χ2n) is 7.38. The molecule has 0 unspecified atom stereocenters. The van der Waals surface area contributed by atoms with E-state index >= 15 is 0 Å². The fraction of sp³-hybridized carbons (Fsp3) is 0.318. The highest BCUT2D eigenvalue weighted by molar-refractivity contribution is 7.88. The largest absolute Gasteiger partial charge is 0.493 e. The number of ether oxygens (including phenoxy) is 1. The van der Waals surface area contributed by atoms with Gasteiger partial charge in [0.15, 0.2) is 0 Å². The van der Waals surface area contributed by atoms with E-state index in [-0.39, 0.29) is 11.8 Å². The van der Waals surface area contributed by atoms with Crippen LogP contribution in [0.25, 0.3) is 0 Å². The Kier molecular flexibility index (Phi) is 6.41. The van der Waals surface area contributed by atoms with Crippen LogP contribution in [-0.4, -0.2) is 36.1 Å². The van der Waals surface area contributed by atoms with Crippen molar-refractivity contribution in [3.05, 3.63) is 82.6 Å². The maximum absolute atomic E-state index is 13.0. The van der Waals surface area contributed by atoms with Crippen molar-refractivity contribution in [1.82, 2.24) is 14.5 Å². The molecule has 4 rings (SSSR count). The molecule has 1 aliphatic rings. The second-order valence-corrected chi connectivity index (χ2v) is 9.74. The molecule has 1 N–H and O–H groups in total. The topological polar surface area (TPSA) is 75.3 Å². The van der Waals surface area contributed by atoms with Crippen LogP contribution in [0.2, 0.25) is 5.02 Å². The van der Waals surface area contributed by atoms with Gasteiger partial charge in [0.05, 0.1) is 24.1 Å². The van der Waals surface area contributed by atoms with Gasteiger partial charge in [0, 0.05) is 23.7 Å². The molecule has 0 bridgehead atoms. The summed E-state index contributed by atoms with van der Waals surface area (Å²) in [5, 5.41) is 8.06. The van der Waals surface area contributed by atoms with E-state index in [0.717, 1.165) is 35.5 Å². The van der Waals surface area contributed by atoms with Crippen molar-refractivity contribution in [3.63, 3.8) is 0 Å². The predicted octanol–water partition coefficient (Wildman–Crippen LogP) is 4.35. The van der Waals surface area contributed by atoms with Crippen molar-refractivity contribution in [2.24, 2.45) is 0 Å². The van der Waals surface area contributed by atoms with Crippen LogP contribution in [0, 0.1) is 0 Å². The molecule has 0 spiro atoms. The standard InChI is InChI=1S/C22H24ClN3O3S/c23-18-8-4-9-20(14-18)29-13-11-19-15-21(25-24-19)22-10-5-12-26(22)30(27,28)16-17-6-2-1-3-7-17/h1-4,6-9,14-15,22H,5,10-13,16H2,(H,24,25)/t22-/m1/s1. The highest BCUT2D eigenvalue weighted by Crippen LogP contribution is 2.34. The van der Waals surface area contributed by atoms with Crippen LogP contribution < -0.4 is 4.74 Å². The minimum Gasteiger partial charge on any atom is -0.493 e. The fourth-order valence-corrected chi connectivity index (χ4v) is 5.72. The minimum atomic E-state index is -3.42. The van der Waals surface area contributed by atoms with Gasteiger partial charge in [-0.15, -0.1) is 0 Å². The molecule has 1 atom stereocenters. The number of nitrogens with one attached hydrogen (secondary N) is 1. The number of H-pyrrole nitrogens is 1. The average molecular weight is 446 g/mol. The number of hydrogen-bond acceptors (Lipinski definition) is 4. The molecule has 3 aromatic rings. The van der Waals surface area contributed by atoms with Crippen molar-refractivity contribution < 1.29 is 13.2 Å². The molecule has 8 heteroatoms. The average Bonchev–Trinajstić information content (AvgIpc) is 3.38. The molecule has 0 aliphatic carbocycles. The third-order valence-corrected chi connectivity index (χ3v) is 7.27. The molecule has 0 radical (unpaired) electrons. The first-order valence-electron chi connectivity index (χ1n) is 9.97. The molecule has 1 fully saturated rings. The van der Waals surface area contributed by atoms with Gasteiger partial charge in [-0.05, 0) is 42.7 Å². The van der Waals surface area contributed by atoms with Crippen molar-refractivity contribution in [3.8, 4) is 5.75 Å². The van der Waals surface area contributed by atoms with Gasteiger partial charge in [-0.3, -0.25) is 5.10 Å². The van der Waals surface area contributed by atoms with E-state index in [4.69, 9.17) is 16.3 Å². The van der Waals surface area contributed by atoms with Crippen molar-refractivity contribution in [2.45, 2.75) is 31.1 Å². The molecule has 1 aliphatic heterocycles. The molecule has 0 amide bonds. The highest BCUT2D eigenvalue weighted by Gasteiger charge is 2.36. The molecular weight excluding hydrogens is 422 g/mol. The van der Waals surface area contributed by atoms with Gasteiger partial charge < -0.3 is 4.74 Å². The Hall–Kier alpha value is -2.35. The smallest absolute Gasteiger partial charge is 0.218 e. The third kappa shape index (κ3) is 5.03. The van der Waals surface area contributed by atoms with Crippen LogP contribution in [0.4, 0.5) is 0 Å². The number of aromatic amines is 1. The Morgan fingerprint density at radius 2 is 1.97 bits per heavy atom. The lowest BCUT2D eigenvalue weighted by Gasteiger charge is -2.22. The Labute approximate surface area is 181 Å². The molecule has 158 valence electrons. The summed E-state index contributed by atoms with van der Waals surface area (Å²) in [6.07, 6.45) is 2.25. The zero-order valence-electron chi connectivity index (χ0n) is 16.5. The molecular formula is C22H24ClN3O3S. The number of benzene rings is 2. The van der Waals surface area contributed by atoms with Crippen LogP contribution in [0.3, 0.4) is 0 Å². The van der Waals surface area contributed by atoms with Gasteiger partial charge in [0.1, 0.15) is 5.75 Å². The zero-order valence-corrected chi connectivity index (χ0v) is 18.1. The molecule has 2 heterocycles. The first-order valence-corrected chi connectivity index (χ1v) is 12.0. The Balaban J connectivity index is 1.39. The normalized spacial score (nSPS) is 17.3. The first kappa shape index (κ1) is 20.9. The zero-order chi connectivity index (χ0) is 21.0. The van der Waals surface area contributed by atoms with E-state index in [2.05, 4.69) is 10.2 Å². The van der Waals surface area contributed by atoms with Crippen molar-refractivity contribution in [2.75, 3.05) is 13.2 Å².